The Morgan fingerprint density at radius 1 is 1.41 bits per heavy atom. The predicted molar refractivity (Wildman–Crippen MR) is 67.2 cm³/mol. The molecule has 0 atom stereocenters. The van der Waals surface area contributed by atoms with Crippen molar-refractivity contribution >= 4 is 0 Å². The molecule has 1 aliphatic rings. The van der Waals surface area contributed by atoms with Crippen molar-refractivity contribution in [2.75, 3.05) is 34.3 Å². The fourth-order valence-corrected chi connectivity index (χ4v) is 2.10. The van der Waals surface area contributed by atoms with E-state index in [-0.39, 0.29) is 0 Å². The number of β-amino-alcohol motifs (C(OH)–C–C–N with tert-alkyl or cyclic N) is 1. The molecule has 94 valence electrons. The Morgan fingerprint density at radius 2 is 2.12 bits per heavy atom. The molecule has 0 unspecified atom stereocenters. The van der Waals surface area contributed by atoms with E-state index >= 15 is 0 Å². The van der Waals surface area contributed by atoms with Crippen LogP contribution in [-0.2, 0) is 12.1 Å². The standard InChI is InChI=1S/C13H20N2O2/c1-15(2)7-10-6-11(4-5-12(10)17-3)13(16)8-14-9-13/h4-6,14,16H,7-9H2,1-3H3. The lowest BCUT2D eigenvalue weighted by atomic mass is 9.87. The van der Waals surface area contributed by atoms with Crippen molar-refractivity contribution in [3.05, 3.63) is 29.3 Å². The quantitative estimate of drug-likeness (QED) is 0.801. The van der Waals surface area contributed by atoms with E-state index in [1.165, 1.54) is 0 Å². The summed E-state index contributed by atoms with van der Waals surface area (Å²) in [6.07, 6.45) is 0. The zero-order valence-corrected chi connectivity index (χ0v) is 10.7. The van der Waals surface area contributed by atoms with Gasteiger partial charge >= 0.3 is 0 Å². The molecule has 0 spiro atoms. The average molecular weight is 236 g/mol. The van der Waals surface area contributed by atoms with Gasteiger partial charge in [-0.15, -0.1) is 0 Å². The van der Waals surface area contributed by atoms with Crippen LogP contribution < -0.4 is 10.1 Å². The average Bonchev–Trinajstić information content (AvgIpc) is 2.25. The Bertz CT molecular complexity index is 400. The minimum atomic E-state index is -0.701. The smallest absolute Gasteiger partial charge is 0.123 e. The maximum absolute atomic E-state index is 10.3. The zero-order chi connectivity index (χ0) is 12.5. The first-order valence-electron chi connectivity index (χ1n) is 5.80. The molecule has 17 heavy (non-hydrogen) atoms. The molecule has 0 saturated carbocycles. The molecule has 1 fully saturated rings. The Labute approximate surface area is 102 Å². The molecule has 1 aromatic rings. The van der Waals surface area contributed by atoms with Gasteiger partial charge in [0.15, 0.2) is 0 Å². The van der Waals surface area contributed by atoms with Crippen molar-refractivity contribution in [2.24, 2.45) is 0 Å². The number of aliphatic hydroxyl groups is 1. The summed E-state index contributed by atoms with van der Waals surface area (Å²) in [4.78, 5) is 2.09. The van der Waals surface area contributed by atoms with Crippen molar-refractivity contribution in [1.29, 1.82) is 0 Å². The van der Waals surface area contributed by atoms with Crippen LogP contribution in [0.5, 0.6) is 5.75 Å². The monoisotopic (exact) mass is 236 g/mol. The minimum Gasteiger partial charge on any atom is -0.496 e. The van der Waals surface area contributed by atoms with Crippen LogP contribution in [0.2, 0.25) is 0 Å². The van der Waals surface area contributed by atoms with Crippen LogP contribution in [0.25, 0.3) is 0 Å². The van der Waals surface area contributed by atoms with E-state index in [9.17, 15) is 5.11 Å². The van der Waals surface area contributed by atoms with Crippen LogP contribution in [0, 0.1) is 0 Å². The van der Waals surface area contributed by atoms with Gasteiger partial charge in [-0.3, -0.25) is 0 Å². The highest BCUT2D eigenvalue weighted by molar-refractivity contribution is 5.40. The normalized spacial score (nSPS) is 17.9. The molecular weight excluding hydrogens is 216 g/mol. The van der Waals surface area contributed by atoms with E-state index in [1.54, 1.807) is 7.11 Å². The Kier molecular flexibility index (Phi) is 3.38. The SMILES string of the molecule is COc1ccc(C2(O)CNC2)cc1CN(C)C. The third-order valence-corrected chi connectivity index (χ3v) is 3.14. The summed E-state index contributed by atoms with van der Waals surface area (Å²) in [5.74, 6) is 0.873. The summed E-state index contributed by atoms with van der Waals surface area (Å²) >= 11 is 0. The minimum absolute atomic E-state index is 0.626. The van der Waals surface area contributed by atoms with E-state index in [4.69, 9.17) is 4.74 Å². The van der Waals surface area contributed by atoms with Crippen molar-refractivity contribution < 1.29 is 9.84 Å². The predicted octanol–water partition coefficient (Wildman–Crippen LogP) is 0.548. The molecule has 0 aliphatic carbocycles. The van der Waals surface area contributed by atoms with E-state index in [1.807, 2.05) is 32.3 Å². The highest BCUT2D eigenvalue weighted by Crippen LogP contribution is 2.30. The van der Waals surface area contributed by atoms with Crippen molar-refractivity contribution in [1.82, 2.24) is 10.2 Å². The van der Waals surface area contributed by atoms with Gasteiger partial charge in [0.2, 0.25) is 0 Å². The van der Waals surface area contributed by atoms with E-state index in [0.717, 1.165) is 23.4 Å². The van der Waals surface area contributed by atoms with Crippen LogP contribution in [0.3, 0.4) is 0 Å². The molecular formula is C13H20N2O2. The first-order valence-corrected chi connectivity index (χ1v) is 5.80. The Balaban J connectivity index is 2.30. The molecule has 2 rings (SSSR count). The number of ether oxygens (including phenoxy) is 1. The lowest BCUT2D eigenvalue weighted by Crippen LogP contribution is -2.56. The third kappa shape index (κ3) is 2.44. The van der Waals surface area contributed by atoms with Gasteiger partial charge in [-0.05, 0) is 31.8 Å². The van der Waals surface area contributed by atoms with Gasteiger partial charge < -0.3 is 20.1 Å². The van der Waals surface area contributed by atoms with Crippen molar-refractivity contribution in [2.45, 2.75) is 12.1 Å². The fourth-order valence-electron chi connectivity index (χ4n) is 2.10. The topological polar surface area (TPSA) is 44.7 Å². The second-order valence-electron chi connectivity index (χ2n) is 4.90. The molecule has 2 N–H and O–H groups in total. The molecule has 0 radical (unpaired) electrons. The number of benzene rings is 1. The van der Waals surface area contributed by atoms with E-state index in [0.29, 0.717) is 13.1 Å². The lowest BCUT2D eigenvalue weighted by molar-refractivity contribution is -0.0147. The van der Waals surface area contributed by atoms with Crippen molar-refractivity contribution in [3.63, 3.8) is 0 Å². The van der Waals surface area contributed by atoms with Crippen LogP contribution in [-0.4, -0.2) is 44.3 Å². The number of hydrogen-bond acceptors (Lipinski definition) is 4. The summed E-state index contributed by atoms with van der Waals surface area (Å²) in [6.45, 7) is 2.06. The van der Waals surface area contributed by atoms with E-state index in [2.05, 4.69) is 10.2 Å². The summed E-state index contributed by atoms with van der Waals surface area (Å²) in [7, 11) is 5.71. The molecule has 4 nitrogen and oxygen atoms in total. The fraction of sp³-hybridized carbons (Fsp3) is 0.538. The zero-order valence-electron chi connectivity index (χ0n) is 10.7. The second-order valence-corrected chi connectivity index (χ2v) is 4.90. The molecule has 1 saturated heterocycles. The Morgan fingerprint density at radius 3 is 2.59 bits per heavy atom. The summed E-state index contributed by atoms with van der Waals surface area (Å²) in [5.41, 5.74) is 1.37. The first kappa shape index (κ1) is 12.4. The molecule has 1 aromatic carbocycles. The molecule has 1 heterocycles. The second kappa shape index (κ2) is 4.64. The summed E-state index contributed by atoms with van der Waals surface area (Å²) in [6, 6.07) is 5.92. The summed E-state index contributed by atoms with van der Waals surface area (Å²) in [5, 5.41) is 13.4. The molecule has 0 bridgehead atoms. The van der Waals surface area contributed by atoms with Gasteiger partial charge in [0.1, 0.15) is 11.4 Å². The van der Waals surface area contributed by atoms with E-state index < -0.39 is 5.60 Å². The lowest BCUT2D eigenvalue weighted by Gasteiger charge is -2.38. The molecule has 0 aromatic heterocycles. The van der Waals surface area contributed by atoms with Gasteiger partial charge in [-0.2, -0.15) is 0 Å². The number of nitrogens with one attached hydrogen (secondary N) is 1. The largest absolute Gasteiger partial charge is 0.496 e. The van der Waals surface area contributed by atoms with Gasteiger partial charge in [0, 0.05) is 25.2 Å². The Hall–Kier alpha value is -1.10. The van der Waals surface area contributed by atoms with Gasteiger partial charge in [0.05, 0.1) is 7.11 Å². The van der Waals surface area contributed by atoms with Crippen LogP contribution in [0.1, 0.15) is 11.1 Å². The maximum atomic E-state index is 10.3. The maximum Gasteiger partial charge on any atom is 0.123 e. The summed E-state index contributed by atoms with van der Waals surface area (Å²) < 4.78 is 5.34. The first-order chi connectivity index (χ1) is 8.05. The number of hydrogen-bond donors (Lipinski definition) is 2. The number of methoxy groups -OCH3 is 1. The van der Waals surface area contributed by atoms with Gasteiger partial charge in [-0.1, -0.05) is 6.07 Å². The van der Waals surface area contributed by atoms with Crippen LogP contribution >= 0.6 is 0 Å². The van der Waals surface area contributed by atoms with Gasteiger partial charge in [-0.25, -0.2) is 0 Å². The molecule has 4 heteroatoms. The third-order valence-electron chi connectivity index (χ3n) is 3.14. The number of nitrogens with zero attached hydrogens (tertiary/aromatic N) is 1. The highest BCUT2D eigenvalue weighted by atomic mass is 16.5. The van der Waals surface area contributed by atoms with Gasteiger partial charge in [0.25, 0.3) is 0 Å². The van der Waals surface area contributed by atoms with Crippen molar-refractivity contribution in [3.8, 4) is 5.75 Å². The highest BCUT2D eigenvalue weighted by Gasteiger charge is 2.36. The van der Waals surface area contributed by atoms with Crippen LogP contribution in [0.4, 0.5) is 0 Å². The van der Waals surface area contributed by atoms with Crippen LogP contribution in [0.15, 0.2) is 18.2 Å². The number of rotatable bonds is 4. The molecule has 1 aliphatic heterocycles. The molecule has 0 amide bonds.